The van der Waals surface area contributed by atoms with Crippen LogP contribution in [0.15, 0.2) is 24.3 Å². The largest absolute Gasteiger partial charge is 0.351 e. The van der Waals surface area contributed by atoms with Gasteiger partial charge in [-0.2, -0.15) is 0 Å². The van der Waals surface area contributed by atoms with Gasteiger partial charge < -0.3 is 21.7 Å². The molecule has 0 aliphatic heterocycles. The van der Waals surface area contributed by atoms with Gasteiger partial charge in [0, 0.05) is 11.4 Å². The van der Waals surface area contributed by atoms with Crippen molar-refractivity contribution < 1.29 is 9.59 Å². The van der Waals surface area contributed by atoms with E-state index in [0.29, 0.717) is 11.4 Å². The molecular weight excluding hydrogens is 232 g/mol. The Labute approximate surface area is 106 Å². The first-order valence-electron chi connectivity index (χ1n) is 5.79. The van der Waals surface area contributed by atoms with E-state index in [1.807, 2.05) is 6.92 Å². The maximum Gasteiger partial charge on any atom is 0.316 e. The van der Waals surface area contributed by atoms with Gasteiger partial charge >= 0.3 is 6.03 Å². The molecule has 0 radical (unpaired) electrons. The molecule has 0 fully saturated rings. The van der Waals surface area contributed by atoms with Gasteiger partial charge in [-0.15, -0.1) is 0 Å². The van der Waals surface area contributed by atoms with Crippen LogP contribution in [0.4, 0.5) is 16.2 Å². The van der Waals surface area contributed by atoms with E-state index in [2.05, 4.69) is 16.0 Å². The van der Waals surface area contributed by atoms with E-state index in [1.54, 1.807) is 24.3 Å². The van der Waals surface area contributed by atoms with E-state index in [1.165, 1.54) is 0 Å². The molecule has 0 heterocycles. The normalized spacial score (nSPS) is 9.83. The van der Waals surface area contributed by atoms with E-state index < -0.39 is 6.03 Å². The molecule has 0 saturated heterocycles. The zero-order valence-electron chi connectivity index (χ0n) is 10.3. The lowest BCUT2D eigenvalue weighted by molar-refractivity contribution is -0.115. The minimum atomic E-state index is -0.636. The summed E-state index contributed by atoms with van der Waals surface area (Å²) in [7, 11) is 0. The Kier molecular flexibility index (Phi) is 5.66. The van der Waals surface area contributed by atoms with Crippen LogP contribution in [0.3, 0.4) is 0 Å². The maximum absolute atomic E-state index is 11.5. The van der Waals surface area contributed by atoms with Crippen LogP contribution in [0.2, 0.25) is 0 Å². The molecule has 0 atom stereocenters. The molecule has 0 aromatic heterocycles. The summed E-state index contributed by atoms with van der Waals surface area (Å²) in [5.41, 5.74) is 6.17. The Morgan fingerprint density at radius 3 is 2.50 bits per heavy atom. The minimum absolute atomic E-state index is 0.125. The summed E-state index contributed by atoms with van der Waals surface area (Å²) in [4.78, 5) is 22.2. The Morgan fingerprint density at radius 1 is 1.22 bits per heavy atom. The van der Waals surface area contributed by atoms with Gasteiger partial charge in [-0.3, -0.25) is 4.79 Å². The number of hydrogen-bond acceptors (Lipinski definition) is 3. The van der Waals surface area contributed by atoms with Gasteiger partial charge in [-0.05, 0) is 31.2 Å². The van der Waals surface area contributed by atoms with Crippen molar-refractivity contribution in [1.82, 2.24) is 5.32 Å². The molecule has 6 heteroatoms. The summed E-state index contributed by atoms with van der Waals surface area (Å²) in [5.74, 6) is -0.125. The number of hydrogen-bond donors (Lipinski definition) is 4. The molecule has 98 valence electrons. The molecule has 1 aromatic carbocycles. The van der Waals surface area contributed by atoms with Crippen LogP contribution >= 0.6 is 0 Å². The third-order valence-corrected chi connectivity index (χ3v) is 2.13. The van der Waals surface area contributed by atoms with Gasteiger partial charge in [-0.25, -0.2) is 4.79 Å². The van der Waals surface area contributed by atoms with Crippen LogP contribution in [0.1, 0.15) is 13.3 Å². The number of rotatable bonds is 6. The zero-order valence-corrected chi connectivity index (χ0v) is 10.3. The topological polar surface area (TPSA) is 96.2 Å². The summed E-state index contributed by atoms with van der Waals surface area (Å²) in [6.45, 7) is 3.10. The second-order valence-electron chi connectivity index (χ2n) is 3.80. The third kappa shape index (κ3) is 5.31. The number of amides is 3. The average Bonchev–Trinajstić information content (AvgIpc) is 2.28. The fourth-order valence-corrected chi connectivity index (χ4v) is 1.40. The van der Waals surface area contributed by atoms with Crippen LogP contribution in [-0.4, -0.2) is 25.0 Å². The fourth-order valence-electron chi connectivity index (χ4n) is 1.40. The SMILES string of the molecule is CCCNCC(=O)Nc1cccc(NC(N)=O)c1. The lowest BCUT2D eigenvalue weighted by Gasteiger charge is -2.08. The van der Waals surface area contributed by atoms with Crippen molar-refractivity contribution in [3.63, 3.8) is 0 Å². The van der Waals surface area contributed by atoms with Crippen LogP contribution in [0.25, 0.3) is 0 Å². The van der Waals surface area contributed by atoms with Crippen LogP contribution < -0.4 is 21.7 Å². The first-order valence-corrected chi connectivity index (χ1v) is 5.79. The van der Waals surface area contributed by atoms with E-state index in [-0.39, 0.29) is 12.5 Å². The molecule has 0 bridgehead atoms. The first-order chi connectivity index (χ1) is 8.61. The van der Waals surface area contributed by atoms with Crippen LogP contribution in [0.5, 0.6) is 0 Å². The predicted molar refractivity (Wildman–Crippen MR) is 71.4 cm³/mol. The Hall–Kier alpha value is -2.08. The second kappa shape index (κ2) is 7.29. The van der Waals surface area contributed by atoms with Gasteiger partial charge in [0.05, 0.1) is 6.54 Å². The molecule has 18 heavy (non-hydrogen) atoms. The molecule has 3 amide bonds. The van der Waals surface area contributed by atoms with Gasteiger partial charge in [-0.1, -0.05) is 13.0 Å². The number of anilines is 2. The summed E-state index contributed by atoms with van der Waals surface area (Å²) < 4.78 is 0. The highest BCUT2D eigenvalue weighted by Crippen LogP contribution is 2.14. The average molecular weight is 250 g/mol. The van der Waals surface area contributed by atoms with Crippen LogP contribution in [-0.2, 0) is 4.79 Å². The third-order valence-electron chi connectivity index (χ3n) is 2.13. The van der Waals surface area contributed by atoms with Crippen molar-refractivity contribution in [2.75, 3.05) is 23.7 Å². The Morgan fingerprint density at radius 2 is 1.89 bits per heavy atom. The lowest BCUT2D eigenvalue weighted by Crippen LogP contribution is -2.28. The quantitative estimate of drug-likeness (QED) is 0.569. The van der Waals surface area contributed by atoms with Gasteiger partial charge in [0.15, 0.2) is 0 Å². The number of nitrogens with two attached hydrogens (primary N) is 1. The molecule has 6 nitrogen and oxygen atoms in total. The number of primary amides is 1. The smallest absolute Gasteiger partial charge is 0.316 e. The maximum atomic E-state index is 11.5. The summed E-state index contributed by atoms with van der Waals surface area (Å²) in [6, 6.07) is 6.16. The second-order valence-corrected chi connectivity index (χ2v) is 3.80. The number of benzene rings is 1. The minimum Gasteiger partial charge on any atom is -0.351 e. The zero-order chi connectivity index (χ0) is 13.4. The molecular formula is C12H18N4O2. The van der Waals surface area contributed by atoms with E-state index in [0.717, 1.165) is 13.0 Å². The number of urea groups is 1. The van der Waals surface area contributed by atoms with Crippen molar-refractivity contribution >= 4 is 23.3 Å². The highest BCUT2D eigenvalue weighted by Gasteiger charge is 2.02. The van der Waals surface area contributed by atoms with Gasteiger partial charge in [0.25, 0.3) is 0 Å². The van der Waals surface area contributed by atoms with Crippen molar-refractivity contribution in [3.05, 3.63) is 24.3 Å². The number of nitrogens with one attached hydrogen (secondary N) is 3. The highest BCUT2D eigenvalue weighted by atomic mass is 16.2. The Bertz CT molecular complexity index is 420. The number of carbonyl (C=O) groups excluding carboxylic acids is 2. The Balaban J connectivity index is 2.51. The summed E-state index contributed by atoms with van der Waals surface area (Å²) >= 11 is 0. The molecule has 5 N–H and O–H groups in total. The van der Waals surface area contributed by atoms with E-state index in [9.17, 15) is 9.59 Å². The molecule has 1 rings (SSSR count). The van der Waals surface area contributed by atoms with Gasteiger partial charge in [0.1, 0.15) is 0 Å². The monoisotopic (exact) mass is 250 g/mol. The van der Waals surface area contributed by atoms with Crippen molar-refractivity contribution in [3.8, 4) is 0 Å². The molecule has 0 saturated carbocycles. The van der Waals surface area contributed by atoms with Crippen LogP contribution in [0, 0.1) is 0 Å². The molecule has 0 spiro atoms. The van der Waals surface area contributed by atoms with Crippen molar-refractivity contribution in [2.24, 2.45) is 5.73 Å². The van der Waals surface area contributed by atoms with Crippen molar-refractivity contribution in [1.29, 1.82) is 0 Å². The van der Waals surface area contributed by atoms with Crippen molar-refractivity contribution in [2.45, 2.75) is 13.3 Å². The first kappa shape index (κ1) is 14.0. The van der Waals surface area contributed by atoms with E-state index in [4.69, 9.17) is 5.73 Å². The summed E-state index contributed by atoms with van der Waals surface area (Å²) in [5, 5.41) is 8.16. The molecule has 0 unspecified atom stereocenters. The number of carbonyl (C=O) groups is 2. The molecule has 0 aliphatic rings. The standard InChI is InChI=1S/C12H18N4O2/c1-2-6-14-8-11(17)15-9-4-3-5-10(7-9)16-12(13)18/h3-5,7,14H,2,6,8H2,1H3,(H,15,17)(H3,13,16,18). The predicted octanol–water partition coefficient (Wildman–Crippen LogP) is 1.12. The fraction of sp³-hybridized carbons (Fsp3) is 0.333. The van der Waals surface area contributed by atoms with E-state index >= 15 is 0 Å². The highest BCUT2D eigenvalue weighted by molar-refractivity contribution is 5.94. The lowest BCUT2D eigenvalue weighted by atomic mass is 10.2. The molecule has 0 aliphatic carbocycles. The summed E-state index contributed by atoms with van der Waals surface area (Å²) in [6.07, 6.45) is 0.977. The molecule has 1 aromatic rings. The van der Waals surface area contributed by atoms with Gasteiger partial charge in [0.2, 0.25) is 5.91 Å².